The smallest absolute Gasteiger partial charge is 0.233 e. The number of carbonyl (C=O) groups excluding carboxylic acids is 1. The van der Waals surface area contributed by atoms with Gasteiger partial charge < -0.3 is 15.5 Å². The Labute approximate surface area is 105 Å². The number of hydrogen-bond acceptors (Lipinski definition) is 3. The zero-order valence-corrected chi connectivity index (χ0v) is 11.3. The number of nitrogens with zero attached hydrogens (tertiary/aromatic N) is 1. The molecule has 0 aromatic heterocycles. The zero-order chi connectivity index (χ0) is 12.5. The lowest BCUT2D eigenvalue weighted by molar-refractivity contribution is -0.120. The van der Waals surface area contributed by atoms with Crippen molar-refractivity contribution >= 4 is 5.91 Å². The van der Waals surface area contributed by atoms with E-state index < -0.39 is 0 Å². The maximum atomic E-state index is 11.5. The van der Waals surface area contributed by atoms with Gasteiger partial charge in [-0.05, 0) is 46.3 Å². The van der Waals surface area contributed by atoms with Crippen molar-refractivity contribution in [3.8, 4) is 0 Å². The maximum Gasteiger partial charge on any atom is 0.233 e. The second-order valence-corrected chi connectivity index (χ2v) is 5.22. The summed E-state index contributed by atoms with van der Waals surface area (Å²) in [6, 6.07) is 0.578. The van der Waals surface area contributed by atoms with E-state index in [0.29, 0.717) is 12.6 Å². The van der Waals surface area contributed by atoms with Gasteiger partial charge in [-0.2, -0.15) is 0 Å². The summed E-state index contributed by atoms with van der Waals surface area (Å²) in [5.74, 6) is 0.141. The molecule has 0 atom stereocenters. The highest BCUT2D eigenvalue weighted by molar-refractivity contribution is 5.77. The summed E-state index contributed by atoms with van der Waals surface area (Å²) in [6.07, 6.45) is 7.29. The van der Waals surface area contributed by atoms with Crippen LogP contribution in [0.15, 0.2) is 0 Å². The van der Waals surface area contributed by atoms with Crippen molar-refractivity contribution in [3.05, 3.63) is 0 Å². The molecular weight excluding hydrogens is 214 g/mol. The monoisotopic (exact) mass is 241 g/mol. The first kappa shape index (κ1) is 14.5. The molecule has 17 heavy (non-hydrogen) atoms. The van der Waals surface area contributed by atoms with Crippen LogP contribution in [-0.4, -0.2) is 50.6 Å². The van der Waals surface area contributed by atoms with Crippen LogP contribution < -0.4 is 10.6 Å². The molecule has 0 saturated heterocycles. The van der Waals surface area contributed by atoms with E-state index in [1.807, 2.05) is 0 Å². The predicted octanol–water partition coefficient (Wildman–Crippen LogP) is 0.977. The Balaban J connectivity index is 1.90. The van der Waals surface area contributed by atoms with E-state index in [2.05, 4.69) is 29.6 Å². The average Bonchev–Trinajstić information content (AvgIpc) is 2.78. The Morgan fingerprint density at radius 2 is 1.94 bits per heavy atom. The molecule has 0 spiro atoms. The van der Waals surface area contributed by atoms with Crippen molar-refractivity contribution in [1.82, 2.24) is 15.5 Å². The topological polar surface area (TPSA) is 44.4 Å². The molecule has 0 unspecified atom stereocenters. The van der Waals surface area contributed by atoms with Gasteiger partial charge in [-0.3, -0.25) is 4.79 Å². The molecule has 0 bridgehead atoms. The highest BCUT2D eigenvalue weighted by Gasteiger charge is 2.14. The molecule has 0 heterocycles. The maximum absolute atomic E-state index is 11.5. The van der Waals surface area contributed by atoms with E-state index in [0.717, 1.165) is 25.9 Å². The second-order valence-electron chi connectivity index (χ2n) is 5.22. The van der Waals surface area contributed by atoms with Gasteiger partial charge in [0.05, 0.1) is 6.54 Å². The molecule has 1 aliphatic rings. The Kier molecular flexibility index (Phi) is 7.21. The average molecular weight is 241 g/mol. The third-order valence-electron chi connectivity index (χ3n) is 3.26. The van der Waals surface area contributed by atoms with Crippen LogP contribution in [0.5, 0.6) is 0 Å². The minimum absolute atomic E-state index is 0.141. The molecule has 1 saturated carbocycles. The molecule has 4 heteroatoms. The molecule has 2 N–H and O–H groups in total. The summed E-state index contributed by atoms with van der Waals surface area (Å²) in [5.41, 5.74) is 0. The Hall–Kier alpha value is -0.610. The van der Waals surface area contributed by atoms with Gasteiger partial charge in [-0.25, -0.2) is 0 Å². The lowest BCUT2D eigenvalue weighted by Crippen LogP contribution is -2.38. The fraction of sp³-hybridized carbons (Fsp3) is 0.923. The molecule has 1 fully saturated rings. The summed E-state index contributed by atoms with van der Waals surface area (Å²) in [5, 5.41) is 6.28. The van der Waals surface area contributed by atoms with E-state index in [4.69, 9.17) is 0 Å². The van der Waals surface area contributed by atoms with Crippen LogP contribution in [0, 0.1) is 0 Å². The van der Waals surface area contributed by atoms with Crippen LogP contribution in [0.1, 0.15) is 38.5 Å². The van der Waals surface area contributed by atoms with Gasteiger partial charge in [0.25, 0.3) is 0 Å². The summed E-state index contributed by atoms with van der Waals surface area (Å²) in [7, 11) is 4.15. The zero-order valence-electron chi connectivity index (χ0n) is 11.3. The van der Waals surface area contributed by atoms with Gasteiger partial charge in [0, 0.05) is 12.6 Å². The third kappa shape index (κ3) is 7.34. The first-order valence-corrected chi connectivity index (χ1v) is 6.83. The van der Waals surface area contributed by atoms with Crippen LogP contribution in [0.2, 0.25) is 0 Å². The number of hydrogen-bond donors (Lipinski definition) is 2. The Morgan fingerprint density at radius 1 is 1.24 bits per heavy atom. The minimum atomic E-state index is 0.141. The lowest BCUT2D eigenvalue weighted by Gasteiger charge is -2.12. The van der Waals surface area contributed by atoms with Crippen molar-refractivity contribution in [2.75, 3.05) is 33.7 Å². The summed E-state index contributed by atoms with van der Waals surface area (Å²) >= 11 is 0. The molecule has 1 rings (SSSR count). The highest BCUT2D eigenvalue weighted by atomic mass is 16.1. The molecule has 0 aliphatic heterocycles. The van der Waals surface area contributed by atoms with Gasteiger partial charge >= 0.3 is 0 Å². The van der Waals surface area contributed by atoms with Crippen LogP contribution in [-0.2, 0) is 4.79 Å². The van der Waals surface area contributed by atoms with Crippen molar-refractivity contribution in [2.24, 2.45) is 0 Å². The van der Waals surface area contributed by atoms with Gasteiger partial charge in [0.15, 0.2) is 0 Å². The molecule has 1 amide bonds. The van der Waals surface area contributed by atoms with Crippen molar-refractivity contribution in [2.45, 2.75) is 44.6 Å². The summed E-state index contributed by atoms with van der Waals surface area (Å²) in [6.45, 7) is 2.38. The van der Waals surface area contributed by atoms with E-state index >= 15 is 0 Å². The number of amides is 1. The van der Waals surface area contributed by atoms with Gasteiger partial charge in [-0.15, -0.1) is 0 Å². The molecule has 0 aromatic rings. The molecular formula is C13H27N3O. The standard InChI is InChI=1S/C13H27N3O/c1-16(2)10-6-5-9-14-13(17)11-15-12-7-3-4-8-12/h12,15H,3-11H2,1-2H3,(H,14,17). The fourth-order valence-corrected chi connectivity index (χ4v) is 2.21. The predicted molar refractivity (Wildman–Crippen MR) is 71.1 cm³/mol. The summed E-state index contributed by atoms with van der Waals surface area (Å²) in [4.78, 5) is 13.7. The SMILES string of the molecule is CN(C)CCCCNC(=O)CNC1CCCC1. The number of rotatable bonds is 8. The largest absolute Gasteiger partial charge is 0.355 e. The molecule has 0 radical (unpaired) electrons. The van der Waals surface area contributed by atoms with E-state index in [9.17, 15) is 4.79 Å². The minimum Gasteiger partial charge on any atom is -0.355 e. The highest BCUT2D eigenvalue weighted by Crippen LogP contribution is 2.17. The van der Waals surface area contributed by atoms with Gasteiger partial charge in [-0.1, -0.05) is 12.8 Å². The Morgan fingerprint density at radius 3 is 2.59 bits per heavy atom. The van der Waals surface area contributed by atoms with Crippen LogP contribution in [0.25, 0.3) is 0 Å². The molecule has 1 aliphatic carbocycles. The molecule has 100 valence electrons. The number of unbranched alkanes of at least 4 members (excludes halogenated alkanes) is 1. The fourth-order valence-electron chi connectivity index (χ4n) is 2.21. The Bertz CT molecular complexity index is 213. The molecule has 0 aromatic carbocycles. The van der Waals surface area contributed by atoms with Crippen LogP contribution in [0.4, 0.5) is 0 Å². The normalized spacial score (nSPS) is 16.6. The number of carbonyl (C=O) groups is 1. The first-order valence-electron chi connectivity index (χ1n) is 6.83. The summed E-state index contributed by atoms with van der Waals surface area (Å²) < 4.78 is 0. The van der Waals surface area contributed by atoms with Crippen molar-refractivity contribution < 1.29 is 4.79 Å². The number of nitrogens with one attached hydrogen (secondary N) is 2. The van der Waals surface area contributed by atoms with E-state index in [-0.39, 0.29) is 5.91 Å². The van der Waals surface area contributed by atoms with Crippen molar-refractivity contribution in [3.63, 3.8) is 0 Å². The third-order valence-corrected chi connectivity index (χ3v) is 3.26. The lowest BCUT2D eigenvalue weighted by atomic mass is 10.2. The van der Waals surface area contributed by atoms with Gasteiger partial charge in [0.1, 0.15) is 0 Å². The van der Waals surface area contributed by atoms with E-state index in [1.165, 1.54) is 25.7 Å². The quantitative estimate of drug-likeness (QED) is 0.623. The van der Waals surface area contributed by atoms with Crippen LogP contribution >= 0.6 is 0 Å². The second kappa shape index (κ2) is 8.48. The first-order chi connectivity index (χ1) is 8.18. The van der Waals surface area contributed by atoms with Gasteiger partial charge in [0.2, 0.25) is 5.91 Å². The van der Waals surface area contributed by atoms with Crippen LogP contribution in [0.3, 0.4) is 0 Å². The molecule has 4 nitrogen and oxygen atoms in total. The van der Waals surface area contributed by atoms with E-state index in [1.54, 1.807) is 0 Å². The van der Waals surface area contributed by atoms with Crippen molar-refractivity contribution in [1.29, 1.82) is 0 Å².